The van der Waals surface area contributed by atoms with E-state index in [-0.39, 0.29) is 0 Å². The van der Waals surface area contributed by atoms with E-state index in [1.807, 2.05) is 18.2 Å². The van der Waals surface area contributed by atoms with Crippen molar-refractivity contribution in [3.63, 3.8) is 0 Å². The number of fused-ring (bicyclic) bond motifs is 5. The highest BCUT2D eigenvalue weighted by Gasteiger charge is 2.45. The van der Waals surface area contributed by atoms with Crippen molar-refractivity contribution in [3.8, 4) is 16.9 Å². The Balaban J connectivity index is 1.27. The molecule has 0 fully saturated rings. The highest BCUT2D eigenvalue weighted by Crippen LogP contribution is 2.46. The molecule has 0 bridgehead atoms. The normalized spacial score (nSPS) is 15.0. The molecule has 202 valence electrons. The number of carbonyl (C=O) groups is 1. The second-order valence-corrected chi connectivity index (χ2v) is 11.5. The molecule has 0 atom stereocenters. The predicted octanol–water partition coefficient (Wildman–Crippen LogP) is 8.27. The molecule has 0 radical (unpaired) electrons. The number of ketones is 1. The quantitative estimate of drug-likeness (QED) is 0.210. The number of hydrogen-bond acceptors (Lipinski definition) is 2. The van der Waals surface area contributed by atoms with Crippen LogP contribution in [0.25, 0.3) is 11.1 Å². The van der Waals surface area contributed by atoms with Crippen LogP contribution >= 0.6 is 0 Å². The summed E-state index contributed by atoms with van der Waals surface area (Å²) >= 11 is 0. The smallest absolute Gasteiger partial charge is 0.144 e. The van der Waals surface area contributed by atoms with Gasteiger partial charge in [-0.15, -0.1) is 0 Å². The van der Waals surface area contributed by atoms with Crippen LogP contribution in [0.5, 0.6) is 5.75 Å². The fraction of sp³-hybridized carbons (Fsp3) is 0.205. The summed E-state index contributed by atoms with van der Waals surface area (Å²) in [6, 6.07) is 42.6. The zero-order valence-corrected chi connectivity index (χ0v) is 23.3. The summed E-state index contributed by atoms with van der Waals surface area (Å²) in [5.41, 5.74) is 11.1. The van der Waals surface area contributed by atoms with Gasteiger partial charge in [0.1, 0.15) is 18.1 Å². The average molecular weight is 535 g/mol. The number of hydrogen-bond donors (Lipinski definition) is 0. The SMILES string of the molecule is O=C1CCc2c(ccc3c2CCc2cc(OCc4ccccc4)ccc2-3)C1(Cc1ccccc1)Cc1ccccc1. The Bertz CT molecular complexity index is 1650. The summed E-state index contributed by atoms with van der Waals surface area (Å²) in [6.45, 7) is 0.572. The van der Waals surface area contributed by atoms with E-state index >= 15 is 0 Å². The standard InChI is InChI=1S/C39H34O2/c40-38-23-21-36-35-18-16-31-24-32(41-27-30-14-8-3-9-15-30)17-19-33(31)34(35)20-22-37(36)39(38,25-28-10-4-1-5-11-28)26-29-12-6-2-7-13-29/h1-15,17,19-20,22,24H,16,18,21,23,25-27H2. The molecule has 5 aromatic carbocycles. The summed E-state index contributed by atoms with van der Waals surface area (Å²) in [7, 11) is 0. The van der Waals surface area contributed by atoms with Crippen LogP contribution in [0.2, 0.25) is 0 Å². The molecule has 0 heterocycles. The minimum absolute atomic E-state index is 0.370. The Hall–Kier alpha value is -4.43. The van der Waals surface area contributed by atoms with Crippen molar-refractivity contribution in [3.05, 3.63) is 160 Å². The first-order valence-electron chi connectivity index (χ1n) is 14.8. The minimum atomic E-state index is -0.555. The number of ether oxygens (including phenoxy) is 1. The monoisotopic (exact) mass is 534 g/mol. The van der Waals surface area contributed by atoms with Crippen molar-refractivity contribution in [2.24, 2.45) is 0 Å². The highest BCUT2D eigenvalue weighted by atomic mass is 16.5. The molecule has 0 spiro atoms. The number of Topliss-reactive ketones (excluding diaryl/α,β-unsaturated/α-hetero) is 1. The number of carbonyl (C=O) groups excluding carboxylic acids is 1. The molecule has 2 aliphatic rings. The summed E-state index contributed by atoms with van der Waals surface area (Å²) in [5, 5.41) is 0. The maximum Gasteiger partial charge on any atom is 0.144 e. The molecule has 0 saturated carbocycles. The third-order valence-electron chi connectivity index (χ3n) is 9.04. The van der Waals surface area contributed by atoms with E-state index in [4.69, 9.17) is 4.74 Å². The van der Waals surface area contributed by atoms with Crippen LogP contribution in [0, 0.1) is 0 Å². The van der Waals surface area contributed by atoms with Gasteiger partial charge in [0, 0.05) is 6.42 Å². The highest BCUT2D eigenvalue weighted by molar-refractivity contribution is 5.94. The third-order valence-corrected chi connectivity index (χ3v) is 9.04. The Morgan fingerprint density at radius 1 is 0.561 bits per heavy atom. The topological polar surface area (TPSA) is 26.3 Å². The van der Waals surface area contributed by atoms with Crippen LogP contribution in [0.4, 0.5) is 0 Å². The molecule has 2 nitrogen and oxygen atoms in total. The summed E-state index contributed by atoms with van der Waals surface area (Å²) < 4.78 is 6.15. The van der Waals surface area contributed by atoms with E-state index < -0.39 is 5.41 Å². The molecule has 0 amide bonds. The van der Waals surface area contributed by atoms with Crippen LogP contribution in [-0.4, -0.2) is 5.78 Å². The zero-order valence-electron chi connectivity index (χ0n) is 23.3. The van der Waals surface area contributed by atoms with Crippen molar-refractivity contribution in [1.29, 1.82) is 0 Å². The van der Waals surface area contributed by atoms with Gasteiger partial charge in [-0.2, -0.15) is 0 Å². The van der Waals surface area contributed by atoms with E-state index in [0.29, 0.717) is 18.8 Å². The Kier molecular flexibility index (Phi) is 6.76. The molecule has 0 unspecified atom stereocenters. The first kappa shape index (κ1) is 25.5. The van der Waals surface area contributed by atoms with Gasteiger partial charge in [-0.1, -0.05) is 109 Å². The van der Waals surface area contributed by atoms with Crippen molar-refractivity contribution in [2.75, 3.05) is 0 Å². The summed E-state index contributed by atoms with van der Waals surface area (Å²) in [5.74, 6) is 1.29. The Morgan fingerprint density at radius 3 is 1.80 bits per heavy atom. The molecular formula is C39H34O2. The molecule has 7 rings (SSSR count). The van der Waals surface area contributed by atoms with Gasteiger partial charge in [0.05, 0.1) is 5.41 Å². The maximum atomic E-state index is 14.0. The fourth-order valence-corrected chi connectivity index (χ4v) is 7.06. The Morgan fingerprint density at radius 2 is 1.15 bits per heavy atom. The lowest BCUT2D eigenvalue weighted by Gasteiger charge is -2.40. The van der Waals surface area contributed by atoms with Gasteiger partial charge in [0.15, 0.2) is 0 Å². The van der Waals surface area contributed by atoms with Crippen molar-refractivity contribution < 1.29 is 9.53 Å². The van der Waals surface area contributed by atoms with Crippen LogP contribution < -0.4 is 4.74 Å². The van der Waals surface area contributed by atoms with Crippen LogP contribution in [0.1, 0.15) is 45.4 Å². The third kappa shape index (κ3) is 4.89. The largest absolute Gasteiger partial charge is 0.489 e. The first-order valence-corrected chi connectivity index (χ1v) is 14.8. The fourth-order valence-electron chi connectivity index (χ4n) is 7.06. The van der Waals surface area contributed by atoms with E-state index in [9.17, 15) is 4.79 Å². The van der Waals surface area contributed by atoms with Crippen molar-refractivity contribution in [1.82, 2.24) is 0 Å². The minimum Gasteiger partial charge on any atom is -0.489 e. The lowest BCUT2D eigenvalue weighted by molar-refractivity contribution is -0.125. The lowest BCUT2D eigenvalue weighted by atomic mass is 9.61. The molecule has 41 heavy (non-hydrogen) atoms. The van der Waals surface area contributed by atoms with E-state index in [2.05, 4.69) is 103 Å². The molecular weight excluding hydrogens is 500 g/mol. The van der Waals surface area contributed by atoms with Gasteiger partial charge in [-0.05, 0) is 94.3 Å². The Labute approximate surface area is 242 Å². The van der Waals surface area contributed by atoms with Crippen LogP contribution in [-0.2, 0) is 48.9 Å². The average Bonchev–Trinajstić information content (AvgIpc) is 3.03. The lowest BCUT2D eigenvalue weighted by Crippen LogP contribution is -2.44. The molecule has 0 aliphatic heterocycles. The summed E-state index contributed by atoms with van der Waals surface area (Å²) in [4.78, 5) is 14.0. The predicted molar refractivity (Wildman–Crippen MR) is 165 cm³/mol. The van der Waals surface area contributed by atoms with Gasteiger partial charge in [-0.25, -0.2) is 0 Å². The molecule has 5 aromatic rings. The van der Waals surface area contributed by atoms with Gasteiger partial charge in [-0.3, -0.25) is 4.79 Å². The van der Waals surface area contributed by atoms with Crippen molar-refractivity contribution in [2.45, 2.75) is 50.5 Å². The second-order valence-electron chi connectivity index (χ2n) is 11.5. The first-order chi connectivity index (χ1) is 20.2. The van der Waals surface area contributed by atoms with E-state index in [1.54, 1.807) is 0 Å². The molecule has 2 aliphatic carbocycles. The molecule has 0 N–H and O–H groups in total. The summed E-state index contributed by atoms with van der Waals surface area (Å²) in [6.07, 6.45) is 4.87. The second kappa shape index (κ2) is 10.9. The molecule has 0 aromatic heterocycles. The number of benzene rings is 5. The molecule has 0 saturated heterocycles. The number of rotatable bonds is 7. The zero-order chi connectivity index (χ0) is 27.6. The van der Waals surface area contributed by atoms with Gasteiger partial charge in [0.25, 0.3) is 0 Å². The van der Waals surface area contributed by atoms with Crippen LogP contribution in [0.15, 0.2) is 121 Å². The van der Waals surface area contributed by atoms with Crippen LogP contribution in [0.3, 0.4) is 0 Å². The molecule has 2 heteroatoms. The van der Waals surface area contributed by atoms with Crippen molar-refractivity contribution >= 4 is 5.78 Å². The van der Waals surface area contributed by atoms with E-state index in [1.165, 1.54) is 50.1 Å². The van der Waals surface area contributed by atoms with Gasteiger partial charge in [0.2, 0.25) is 0 Å². The number of aryl methyl sites for hydroxylation is 1. The van der Waals surface area contributed by atoms with Gasteiger partial charge >= 0.3 is 0 Å². The van der Waals surface area contributed by atoms with Gasteiger partial charge < -0.3 is 4.74 Å². The maximum absolute atomic E-state index is 14.0. The van der Waals surface area contributed by atoms with E-state index in [0.717, 1.165) is 37.9 Å².